The van der Waals surface area contributed by atoms with Gasteiger partial charge in [0, 0.05) is 56.1 Å². The molecule has 4 rings (SSSR count). The van der Waals surface area contributed by atoms with Crippen molar-refractivity contribution in [1.29, 1.82) is 0 Å². The number of carbonyl (C=O) groups excluding carboxylic acids is 1. The molecule has 0 radical (unpaired) electrons. The minimum absolute atomic E-state index is 0.119. The fraction of sp³-hybridized carbons (Fsp3) is 0.321. The quantitative estimate of drug-likeness (QED) is 0.270. The molecule has 2 N–H and O–H groups in total. The number of imidazole rings is 1. The molecule has 2 aromatic carbocycles. The highest BCUT2D eigenvalue weighted by Gasteiger charge is 2.20. The molecule has 0 aliphatic heterocycles. The van der Waals surface area contributed by atoms with Crippen molar-refractivity contribution >= 4 is 34.3 Å². The molecule has 0 aliphatic carbocycles. The predicted octanol–water partition coefficient (Wildman–Crippen LogP) is 4.95. The Morgan fingerprint density at radius 2 is 1.85 bits per heavy atom. The first kappa shape index (κ1) is 28.5. The number of pyridine rings is 1. The summed E-state index contributed by atoms with van der Waals surface area (Å²) < 4.78 is 52.8. The molecule has 2 aromatic heterocycles. The molecule has 0 unspecified atom stereocenters. The molecule has 9 nitrogen and oxygen atoms in total. The molecule has 212 valence electrons. The summed E-state index contributed by atoms with van der Waals surface area (Å²) in [5.74, 6) is 0.330. The van der Waals surface area contributed by atoms with Crippen LogP contribution >= 0.6 is 0 Å². The zero-order valence-corrected chi connectivity index (χ0v) is 22.9. The van der Waals surface area contributed by atoms with E-state index in [4.69, 9.17) is 14.5 Å². The Morgan fingerprint density at radius 1 is 1.07 bits per heavy atom. The fourth-order valence-electron chi connectivity index (χ4n) is 4.36. The number of nitrogens with zero attached hydrogens (tertiary/aromatic N) is 4. The Hall–Kier alpha value is -4.48. The van der Waals surface area contributed by atoms with Gasteiger partial charge in [0.15, 0.2) is 5.82 Å². The van der Waals surface area contributed by atoms with Crippen LogP contribution in [0.3, 0.4) is 0 Å². The minimum Gasteiger partial charge on any atom is -0.497 e. The molecule has 0 atom stereocenters. The van der Waals surface area contributed by atoms with Gasteiger partial charge in [-0.25, -0.2) is 14.4 Å². The third-order valence-corrected chi connectivity index (χ3v) is 6.62. The zero-order valence-electron chi connectivity index (χ0n) is 22.9. The summed E-state index contributed by atoms with van der Waals surface area (Å²) in [6.45, 7) is 1.96. The van der Waals surface area contributed by atoms with Crippen LogP contribution in [0.15, 0.2) is 42.7 Å². The summed E-state index contributed by atoms with van der Waals surface area (Å²) in [6.07, 6.45) is -0.943. The number of alkyl halides is 2. The molecule has 12 heteroatoms. The number of fused-ring (bicyclic) bond motifs is 1. The van der Waals surface area contributed by atoms with E-state index in [1.165, 1.54) is 6.07 Å². The van der Waals surface area contributed by atoms with Crippen LogP contribution in [0.5, 0.6) is 11.5 Å². The number of hydrogen-bond donors (Lipinski definition) is 2. The number of rotatable bonds is 11. The lowest BCUT2D eigenvalue weighted by atomic mass is 10.0. The first-order valence-corrected chi connectivity index (χ1v) is 12.5. The molecule has 0 fully saturated rings. The second-order valence-electron chi connectivity index (χ2n) is 9.09. The molecule has 40 heavy (non-hydrogen) atoms. The summed E-state index contributed by atoms with van der Waals surface area (Å²) in [6, 6.07) is 10.3. The predicted molar refractivity (Wildman–Crippen MR) is 147 cm³/mol. The molecule has 0 saturated heterocycles. The summed E-state index contributed by atoms with van der Waals surface area (Å²) in [4.78, 5) is 22.3. The highest BCUT2D eigenvalue weighted by molar-refractivity contribution is 5.89. The van der Waals surface area contributed by atoms with Crippen molar-refractivity contribution in [2.45, 2.75) is 32.9 Å². The highest BCUT2D eigenvalue weighted by Crippen LogP contribution is 2.33. The van der Waals surface area contributed by atoms with Crippen LogP contribution in [0.25, 0.3) is 11.0 Å². The Balaban J connectivity index is 1.67. The van der Waals surface area contributed by atoms with Gasteiger partial charge in [-0.1, -0.05) is 6.92 Å². The number of carbonyl (C=O) groups is 1. The monoisotopic (exact) mass is 556 g/mol. The number of aryl methyl sites for hydroxylation is 2. The summed E-state index contributed by atoms with van der Waals surface area (Å²) in [7, 11) is 6.82. The van der Waals surface area contributed by atoms with E-state index < -0.39 is 18.1 Å². The van der Waals surface area contributed by atoms with Crippen LogP contribution in [-0.4, -0.2) is 48.1 Å². The first-order valence-electron chi connectivity index (χ1n) is 12.5. The van der Waals surface area contributed by atoms with Crippen LogP contribution in [0.4, 0.5) is 30.5 Å². The standard InChI is InChI=1S/C28H31F3N6O3/c1-6-16-9-18(14-33-28(38)26(30)31)20(29)11-21(16)37(3)24-12-22-25(34-15-36(22)2)27(35-24)32-13-17-7-8-19(39-4)10-23(17)40-5/h7-12,15,26H,6,13-14H2,1-5H3,(H,32,35)(H,33,38). The van der Waals surface area contributed by atoms with E-state index in [2.05, 4.69) is 15.6 Å². The maximum absolute atomic E-state index is 15.0. The van der Waals surface area contributed by atoms with Crippen LogP contribution in [0.1, 0.15) is 23.6 Å². The van der Waals surface area contributed by atoms with Crippen LogP contribution in [0, 0.1) is 5.82 Å². The summed E-state index contributed by atoms with van der Waals surface area (Å²) in [5.41, 5.74) is 3.80. The number of hydrogen-bond acceptors (Lipinski definition) is 7. The third kappa shape index (κ3) is 5.90. The number of anilines is 3. The van der Waals surface area contributed by atoms with Gasteiger partial charge in [-0.2, -0.15) is 8.78 Å². The second kappa shape index (κ2) is 12.1. The van der Waals surface area contributed by atoms with Gasteiger partial charge < -0.3 is 29.6 Å². The summed E-state index contributed by atoms with van der Waals surface area (Å²) in [5, 5.41) is 5.41. The minimum atomic E-state index is -3.17. The van der Waals surface area contributed by atoms with E-state index in [1.54, 1.807) is 44.6 Å². The number of halogens is 3. The van der Waals surface area contributed by atoms with Crippen molar-refractivity contribution in [2.24, 2.45) is 7.05 Å². The number of amides is 1. The molecular weight excluding hydrogens is 525 g/mol. The molecule has 0 spiro atoms. The first-order chi connectivity index (χ1) is 19.2. The van der Waals surface area contributed by atoms with E-state index in [0.29, 0.717) is 47.3 Å². The smallest absolute Gasteiger partial charge is 0.315 e. The number of nitrogens with one attached hydrogen (secondary N) is 2. The average molecular weight is 557 g/mol. The van der Waals surface area contributed by atoms with Gasteiger partial charge in [0.05, 0.1) is 26.1 Å². The Kier molecular flexibility index (Phi) is 8.66. The van der Waals surface area contributed by atoms with Crippen molar-refractivity contribution in [3.8, 4) is 11.5 Å². The van der Waals surface area contributed by atoms with Gasteiger partial charge in [0.1, 0.15) is 28.7 Å². The van der Waals surface area contributed by atoms with Gasteiger partial charge in [-0.05, 0) is 36.2 Å². The summed E-state index contributed by atoms with van der Waals surface area (Å²) >= 11 is 0. The van der Waals surface area contributed by atoms with Gasteiger partial charge >= 0.3 is 6.43 Å². The van der Waals surface area contributed by atoms with Crippen molar-refractivity contribution < 1.29 is 27.4 Å². The number of methoxy groups -OCH3 is 2. The lowest BCUT2D eigenvalue weighted by Crippen LogP contribution is -2.29. The Labute approximate surface area is 229 Å². The fourth-order valence-corrected chi connectivity index (χ4v) is 4.36. The Morgan fingerprint density at radius 3 is 2.52 bits per heavy atom. The third-order valence-electron chi connectivity index (χ3n) is 6.62. The lowest BCUT2D eigenvalue weighted by Gasteiger charge is -2.23. The van der Waals surface area contributed by atoms with Crippen molar-refractivity contribution in [3.05, 3.63) is 65.2 Å². The maximum Gasteiger partial charge on any atom is 0.315 e. The lowest BCUT2D eigenvalue weighted by molar-refractivity contribution is -0.131. The Bertz CT molecular complexity index is 1530. The van der Waals surface area contributed by atoms with Gasteiger partial charge in [0.25, 0.3) is 5.91 Å². The second-order valence-corrected chi connectivity index (χ2v) is 9.09. The normalized spacial score (nSPS) is 11.1. The van der Waals surface area contributed by atoms with Crippen molar-refractivity contribution in [2.75, 3.05) is 31.5 Å². The molecule has 0 bridgehead atoms. The molecule has 0 aliphatic rings. The molecule has 2 heterocycles. The van der Waals surface area contributed by atoms with Crippen molar-refractivity contribution in [3.63, 3.8) is 0 Å². The van der Waals surface area contributed by atoms with Crippen molar-refractivity contribution in [1.82, 2.24) is 19.9 Å². The topological polar surface area (TPSA) is 93.5 Å². The van der Waals surface area contributed by atoms with E-state index in [1.807, 2.05) is 36.7 Å². The average Bonchev–Trinajstić information content (AvgIpc) is 3.34. The largest absolute Gasteiger partial charge is 0.497 e. The number of aromatic nitrogens is 3. The van der Waals surface area contributed by atoms with E-state index in [-0.39, 0.29) is 12.1 Å². The van der Waals surface area contributed by atoms with Gasteiger partial charge in [-0.15, -0.1) is 0 Å². The zero-order chi connectivity index (χ0) is 29.0. The van der Waals surface area contributed by atoms with Gasteiger partial charge in [0.2, 0.25) is 0 Å². The number of benzene rings is 2. The van der Waals surface area contributed by atoms with Gasteiger partial charge in [-0.3, -0.25) is 4.79 Å². The van der Waals surface area contributed by atoms with Crippen LogP contribution in [-0.2, 0) is 31.4 Å². The maximum atomic E-state index is 15.0. The number of ether oxygens (including phenoxy) is 2. The van der Waals surface area contributed by atoms with Crippen LogP contribution < -0.4 is 25.0 Å². The molecule has 4 aromatic rings. The van der Waals surface area contributed by atoms with E-state index in [9.17, 15) is 13.6 Å². The van der Waals surface area contributed by atoms with E-state index >= 15 is 4.39 Å². The SMILES string of the molecule is CCc1cc(CNC(=O)C(F)F)c(F)cc1N(C)c1cc2c(ncn2C)c(NCc2ccc(OC)cc2OC)n1. The van der Waals surface area contributed by atoms with Crippen LogP contribution in [0.2, 0.25) is 0 Å². The molecular formula is C28H31F3N6O3. The van der Waals surface area contributed by atoms with E-state index in [0.717, 1.165) is 16.6 Å². The molecule has 1 amide bonds. The highest BCUT2D eigenvalue weighted by atomic mass is 19.3. The molecule has 0 saturated carbocycles.